The first-order valence-corrected chi connectivity index (χ1v) is 11.4. The van der Waals surface area contributed by atoms with Gasteiger partial charge < -0.3 is 19.5 Å². The van der Waals surface area contributed by atoms with Crippen molar-refractivity contribution in [2.45, 2.75) is 36.6 Å². The highest BCUT2D eigenvalue weighted by Crippen LogP contribution is 2.34. The molecule has 2 aromatic carbocycles. The van der Waals surface area contributed by atoms with Gasteiger partial charge in [-0.15, -0.1) is 0 Å². The lowest BCUT2D eigenvalue weighted by Crippen LogP contribution is -2.32. The van der Waals surface area contributed by atoms with Gasteiger partial charge in [-0.05, 0) is 43.2 Å². The van der Waals surface area contributed by atoms with E-state index in [-0.39, 0.29) is 35.1 Å². The van der Waals surface area contributed by atoms with Gasteiger partial charge in [0.25, 0.3) is 5.91 Å². The average Bonchev–Trinajstić information content (AvgIpc) is 3.38. The van der Waals surface area contributed by atoms with E-state index in [0.29, 0.717) is 17.2 Å². The molecule has 0 saturated heterocycles. The molecule has 30 heavy (non-hydrogen) atoms. The van der Waals surface area contributed by atoms with Crippen LogP contribution in [0.5, 0.6) is 17.2 Å². The van der Waals surface area contributed by atoms with Crippen LogP contribution in [0.4, 0.5) is 5.69 Å². The second kappa shape index (κ2) is 8.71. The fraction of sp³-hybridized carbons (Fsp3) is 0.350. The number of fused-ring (bicyclic) bond motifs is 1. The number of sulfonamides is 1. The smallest absolute Gasteiger partial charge is 0.262 e. The Kier molecular flexibility index (Phi) is 6.03. The number of anilines is 1. The Balaban J connectivity index is 1.35. The second-order valence-corrected chi connectivity index (χ2v) is 9.22. The minimum atomic E-state index is -3.65. The zero-order valence-corrected chi connectivity index (χ0v) is 17.6. The van der Waals surface area contributed by atoms with Crippen molar-refractivity contribution in [3.05, 3.63) is 41.4 Å². The van der Waals surface area contributed by atoms with Crippen LogP contribution in [0.2, 0.25) is 5.02 Å². The maximum Gasteiger partial charge on any atom is 0.262 e. The maximum atomic E-state index is 12.5. The summed E-state index contributed by atoms with van der Waals surface area (Å²) in [5.41, 5.74) is 0.540. The molecule has 10 heteroatoms. The summed E-state index contributed by atoms with van der Waals surface area (Å²) in [5, 5.41) is 2.80. The number of benzene rings is 2. The molecule has 2 N–H and O–H groups in total. The highest BCUT2D eigenvalue weighted by molar-refractivity contribution is 7.89. The van der Waals surface area contributed by atoms with E-state index in [9.17, 15) is 13.2 Å². The van der Waals surface area contributed by atoms with Gasteiger partial charge >= 0.3 is 0 Å². The van der Waals surface area contributed by atoms with Crippen LogP contribution in [0, 0.1) is 0 Å². The van der Waals surface area contributed by atoms with Crippen molar-refractivity contribution in [2.24, 2.45) is 0 Å². The van der Waals surface area contributed by atoms with Crippen LogP contribution >= 0.6 is 11.6 Å². The molecule has 1 amide bonds. The summed E-state index contributed by atoms with van der Waals surface area (Å²) in [7, 11) is -3.65. The molecule has 1 heterocycles. The summed E-state index contributed by atoms with van der Waals surface area (Å²) in [6.45, 7) is -0.142. The van der Waals surface area contributed by atoms with Crippen LogP contribution in [0.1, 0.15) is 25.7 Å². The van der Waals surface area contributed by atoms with E-state index in [1.165, 1.54) is 18.2 Å². The summed E-state index contributed by atoms with van der Waals surface area (Å²) >= 11 is 6.18. The third kappa shape index (κ3) is 4.80. The average molecular weight is 453 g/mol. The Morgan fingerprint density at radius 2 is 1.87 bits per heavy atom. The van der Waals surface area contributed by atoms with Crippen molar-refractivity contribution in [2.75, 3.05) is 18.7 Å². The van der Waals surface area contributed by atoms with E-state index in [1.54, 1.807) is 18.2 Å². The summed E-state index contributed by atoms with van der Waals surface area (Å²) < 4.78 is 43.7. The van der Waals surface area contributed by atoms with Gasteiger partial charge in [0.1, 0.15) is 5.75 Å². The molecular weight excluding hydrogens is 432 g/mol. The van der Waals surface area contributed by atoms with Crippen molar-refractivity contribution in [3.8, 4) is 17.2 Å². The fourth-order valence-electron chi connectivity index (χ4n) is 3.41. The molecule has 0 atom stereocenters. The first kappa shape index (κ1) is 20.8. The molecule has 4 rings (SSSR count). The Labute approximate surface area is 179 Å². The maximum absolute atomic E-state index is 12.5. The van der Waals surface area contributed by atoms with Gasteiger partial charge in [-0.2, -0.15) is 0 Å². The molecule has 160 valence electrons. The summed E-state index contributed by atoms with van der Waals surface area (Å²) in [6.07, 6.45) is 3.73. The molecule has 0 unspecified atom stereocenters. The van der Waals surface area contributed by atoms with Gasteiger partial charge in [0, 0.05) is 17.8 Å². The lowest BCUT2D eigenvalue weighted by atomic mass is 10.3. The monoisotopic (exact) mass is 452 g/mol. The van der Waals surface area contributed by atoms with Gasteiger partial charge in [0.15, 0.2) is 18.1 Å². The van der Waals surface area contributed by atoms with E-state index >= 15 is 0 Å². The van der Waals surface area contributed by atoms with Crippen molar-refractivity contribution >= 4 is 33.2 Å². The first-order chi connectivity index (χ1) is 14.4. The molecule has 0 spiro atoms. The summed E-state index contributed by atoms with van der Waals surface area (Å²) in [5.74, 6) is 0.995. The van der Waals surface area contributed by atoms with Gasteiger partial charge in [-0.3, -0.25) is 4.79 Å². The molecule has 0 aromatic heterocycles. The van der Waals surface area contributed by atoms with Crippen LogP contribution in [0.25, 0.3) is 0 Å². The quantitative estimate of drug-likeness (QED) is 0.668. The van der Waals surface area contributed by atoms with Gasteiger partial charge in [-0.25, -0.2) is 13.1 Å². The molecule has 2 aromatic rings. The van der Waals surface area contributed by atoms with Gasteiger partial charge in [0.2, 0.25) is 16.8 Å². The molecule has 0 radical (unpaired) electrons. The standard InChI is InChI=1S/C20H21ClN2O6S/c21-16-10-15(30(25,26)23-13-3-1-2-4-13)6-8-17(16)27-11-20(24)22-14-5-7-18-19(9-14)29-12-28-18/h5-10,13,23H,1-4,11-12H2,(H,22,24). The molecule has 1 aliphatic heterocycles. The van der Waals surface area contributed by atoms with Crippen molar-refractivity contribution < 1.29 is 27.4 Å². The Bertz CT molecular complexity index is 1050. The summed E-state index contributed by atoms with van der Waals surface area (Å²) in [4.78, 5) is 12.2. The largest absolute Gasteiger partial charge is 0.482 e. The molecule has 1 aliphatic carbocycles. The number of amides is 1. The number of nitrogens with one attached hydrogen (secondary N) is 2. The lowest BCUT2D eigenvalue weighted by molar-refractivity contribution is -0.118. The number of rotatable bonds is 7. The predicted octanol–water partition coefficient (Wildman–Crippen LogP) is 3.31. The molecule has 1 fully saturated rings. The predicted molar refractivity (Wildman–Crippen MR) is 111 cm³/mol. The van der Waals surface area contributed by atoms with E-state index in [1.807, 2.05) is 0 Å². The van der Waals surface area contributed by atoms with E-state index in [0.717, 1.165) is 25.7 Å². The van der Waals surface area contributed by atoms with E-state index < -0.39 is 15.9 Å². The number of carbonyl (C=O) groups excluding carboxylic acids is 1. The minimum Gasteiger partial charge on any atom is -0.482 e. The number of carbonyl (C=O) groups is 1. The zero-order valence-electron chi connectivity index (χ0n) is 16.0. The number of ether oxygens (including phenoxy) is 3. The van der Waals surface area contributed by atoms with Crippen LogP contribution < -0.4 is 24.2 Å². The number of hydrogen-bond acceptors (Lipinski definition) is 6. The first-order valence-electron chi connectivity index (χ1n) is 9.55. The van der Waals surface area contributed by atoms with Gasteiger partial charge in [0.05, 0.1) is 9.92 Å². The Morgan fingerprint density at radius 3 is 2.63 bits per heavy atom. The fourth-order valence-corrected chi connectivity index (χ4v) is 5.04. The topological polar surface area (TPSA) is 103 Å². The molecule has 8 nitrogen and oxygen atoms in total. The van der Waals surface area contributed by atoms with Crippen LogP contribution in [0.3, 0.4) is 0 Å². The number of halogens is 1. The summed E-state index contributed by atoms with van der Waals surface area (Å²) in [6, 6.07) is 9.19. The number of hydrogen-bond donors (Lipinski definition) is 2. The Hall–Kier alpha value is -2.49. The zero-order chi connectivity index (χ0) is 21.1. The lowest BCUT2D eigenvalue weighted by Gasteiger charge is -2.14. The Morgan fingerprint density at radius 1 is 1.10 bits per heavy atom. The van der Waals surface area contributed by atoms with E-state index in [4.69, 9.17) is 25.8 Å². The van der Waals surface area contributed by atoms with Crippen LogP contribution in [-0.2, 0) is 14.8 Å². The van der Waals surface area contributed by atoms with Crippen molar-refractivity contribution in [1.29, 1.82) is 0 Å². The third-order valence-electron chi connectivity index (χ3n) is 4.91. The molecule has 0 bridgehead atoms. The highest BCUT2D eigenvalue weighted by atomic mass is 35.5. The molecule has 2 aliphatic rings. The second-order valence-electron chi connectivity index (χ2n) is 7.10. The van der Waals surface area contributed by atoms with Crippen molar-refractivity contribution in [3.63, 3.8) is 0 Å². The highest BCUT2D eigenvalue weighted by Gasteiger charge is 2.23. The third-order valence-corrected chi connectivity index (χ3v) is 6.72. The van der Waals surface area contributed by atoms with E-state index in [2.05, 4.69) is 10.0 Å². The normalized spacial score (nSPS) is 15.9. The molecule has 1 saturated carbocycles. The SMILES string of the molecule is O=C(COc1ccc(S(=O)(=O)NC2CCCC2)cc1Cl)Nc1ccc2c(c1)OCO2. The van der Waals surface area contributed by atoms with Crippen LogP contribution in [0.15, 0.2) is 41.3 Å². The van der Waals surface area contributed by atoms with Crippen LogP contribution in [-0.4, -0.2) is 33.8 Å². The van der Waals surface area contributed by atoms with Gasteiger partial charge in [-0.1, -0.05) is 24.4 Å². The minimum absolute atomic E-state index is 0.0374. The van der Waals surface area contributed by atoms with Crippen molar-refractivity contribution in [1.82, 2.24) is 4.72 Å². The molecular formula is C20H21ClN2O6S.